The number of halogens is 1. The molecule has 0 saturated heterocycles. The lowest BCUT2D eigenvalue weighted by Crippen LogP contribution is -2.01. The third kappa shape index (κ3) is 2.52. The van der Waals surface area contributed by atoms with Crippen LogP contribution in [-0.4, -0.2) is 9.97 Å². The molecule has 4 nitrogen and oxygen atoms in total. The van der Waals surface area contributed by atoms with Crippen molar-refractivity contribution in [2.75, 3.05) is 5.32 Å². The topological polar surface area (TPSA) is 51.0 Å². The highest BCUT2D eigenvalue weighted by Gasteiger charge is 2.01. The molecule has 0 aromatic carbocycles. The Morgan fingerprint density at radius 3 is 3.00 bits per heavy atom. The fourth-order valence-corrected chi connectivity index (χ4v) is 1.16. The lowest BCUT2D eigenvalue weighted by molar-refractivity contribution is 0.478. The van der Waals surface area contributed by atoms with Crippen LogP contribution in [-0.2, 0) is 6.54 Å². The maximum Gasteiger partial charge on any atom is 0.214 e. The molecule has 78 valence electrons. The van der Waals surface area contributed by atoms with Crippen molar-refractivity contribution in [1.29, 1.82) is 0 Å². The molecule has 0 aliphatic heterocycles. The number of aryl methyl sites for hydroxylation is 1. The van der Waals surface area contributed by atoms with Gasteiger partial charge >= 0.3 is 0 Å². The molecule has 0 fully saturated rings. The second kappa shape index (κ2) is 4.08. The number of anilines is 1. The van der Waals surface area contributed by atoms with Gasteiger partial charge in [0.1, 0.15) is 11.6 Å². The maximum absolute atomic E-state index is 12.7. The van der Waals surface area contributed by atoms with Crippen LogP contribution in [0.4, 0.5) is 10.2 Å². The summed E-state index contributed by atoms with van der Waals surface area (Å²) < 4.78 is 17.9. The summed E-state index contributed by atoms with van der Waals surface area (Å²) >= 11 is 0. The molecule has 2 aromatic heterocycles. The molecule has 0 unspecified atom stereocenters. The van der Waals surface area contributed by atoms with Gasteiger partial charge in [0.15, 0.2) is 0 Å². The molecule has 15 heavy (non-hydrogen) atoms. The van der Waals surface area contributed by atoms with E-state index in [1.807, 2.05) is 6.92 Å². The van der Waals surface area contributed by atoms with Crippen LogP contribution in [0.3, 0.4) is 0 Å². The van der Waals surface area contributed by atoms with Crippen molar-refractivity contribution in [3.8, 4) is 0 Å². The normalized spacial score (nSPS) is 10.3. The van der Waals surface area contributed by atoms with E-state index in [1.54, 1.807) is 18.3 Å². The number of hydrogen-bond acceptors (Lipinski definition) is 4. The van der Waals surface area contributed by atoms with E-state index < -0.39 is 5.95 Å². The minimum absolute atomic E-state index is 0.393. The van der Waals surface area contributed by atoms with Gasteiger partial charge < -0.3 is 9.73 Å². The molecular weight excluding hydrogens is 197 g/mol. The number of pyridine rings is 1. The van der Waals surface area contributed by atoms with Gasteiger partial charge in [0.25, 0.3) is 0 Å². The number of oxazole rings is 1. The third-order valence-corrected chi connectivity index (χ3v) is 1.80. The van der Waals surface area contributed by atoms with Crippen LogP contribution in [0.25, 0.3) is 0 Å². The Morgan fingerprint density at radius 1 is 1.47 bits per heavy atom. The molecule has 1 N–H and O–H groups in total. The van der Waals surface area contributed by atoms with Crippen molar-refractivity contribution in [3.63, 3.8) is 0 Å². The fourth-order valence-electron chi connectivity index (χ4n) is 1.16. The highest BCUT2D eigenvalue weighted by Crippen LogP contribution is 2.07. The van der Waals surface area contributed by atoms with Crippen LogP contribution in [0.2, 0.25) is 0 Å². The van der Waals surface area contributed by atoms with Gasteiger partial charge in [-0.15, -0.1) is 0 Å². The summed E-state index contributed by atoms with van der Waals surface area (Å²) in [5, 5.41) is 2.91. The first-order valence-corrected chi connectivity index (χ1v) is 4.52. The van der Waals surface area contributed by atoms with Gasteiger partial charge in [-0.05, 0) is 19.1 Å². The summed E-state index contributed by atoms with van der Waals surface area (Å²) in [5.74, 6) is 1.26. The van der Waals surface area contributed by atoms with E-state index in [0.717, 1.165) is 5.76 Å². The molecule has 0 aliphatic carbocycles. The van der Waals surface area contributed by atoms with Crippen molar-refractivity contribution in [1.82, 2.24) is 9.97 Å². The molecule has 0 radical (unpaired) electrons. The predicted molar refractivity (Wildman–Crippen MR) is 52.8 cm³/mol. The SMILES string of the molecule is Cc1cnc(CNc2cccc(F)n2)o1. The van der Waals surface area contributed by atoms with Crippen molar-refractivity contribution in [3.05, 3.63) is 42.0 Å². The average Bonchev–Trinajstić information content (AvgIpc) is 2.62. The summed E-state index contributed by atoms with van der Waals surface area (Å²) in [6.45, 7) is 2.21. The van der Waals surface area contributed by atoms with Crippen LogP contribution in [0.15, 0.2) is 28.8 Å². The van der Waals surface area contributed by atoms with Crippen molar-refractivity contribution in [2.45, 2.75) is 13.5 Å². The standard InChI is InChI=1S/C10H10FN3O/c1-7-5-13-10(15-7)6-12-9-4-2-3-8(11)14-9/h2-5H,6H2,1H3,(H,12,14). The zero-order valence-corrected chi connectivity index (χ0v) is 8.20. The van der Waals surface area contributed by atoms with Gasteiger partial charge in [0, 0.05) is 0 Å². The Kier molecular flexibility index (Phi) is 2.62. The number of hydrogen-bond donors (Lipinski definition) is 1. The zero-order valence-electron chi connectivity index (χ0n) is 8.20. The molecule has 5 heteroatoms. The first kappa shape index (κ1) is 9.64. The van der Waals surface area contributed by atoms with Gasteiger partial charge in [0.2, 0.25) is 11.8 Å². The molecule has 0 spiro atoms. The lowest BCUT2D eigenvalue weighted by Gasteiger charge is -2.01. The Morgan fingerprint density at radius 2 is 2.33 bits per heavy atom. The highest BCUT2D eigenvalue weighted by atomic mass is 19.1. The smallest absolute Gasteiger partial charge is 0.214 e. The largest absolute Gasteiger partial charge is 0.444 e. The Balaban J connectivity index is 1.99. The molecule has 2 heterocycles. The fraction of sp³-hybridized carbons (Fsp3) is 0.200. The lowest BCUT2D eigenvalue weighted by atomic mass is 10.4. The summed E-state index contributed by atoms with van der Waals surface area (Å²) in [7, 11) is 0. The zero-order chi connectivity index (χ0) is 10.7. The van der Waals surface area contributed by atoms with E-state index in [-0.39, 0.29) is 0 Å². The summed E-state index contributed by atoms with van der Waals surface area (Å²) in [6, 6.07) is 4.56. The van der Waals surface area contributed by atoms with Crippen LogP contribution in [0.5, 0.6) is 0 Å². The molecule has 2 rings (SSSR count). The van der Waals surface area contributed by atoms with Gasteiger partial charge in [0.05, 0.1) is 12.7 Å². The van der Waals surface area contributed by atoms with E-state index in [4.69, 9.17) is 4.42 Å². The molecule has 0 aliphatic rings. The molecule has 0 amide bonds. The maximum atomic E-state index is 12.7. The van der Waals surface area contributed by atoms with Gasteiger partial charge in [-0.2, -0.15) is 4.39 Å². The van der Waals surface area contributed by atoms with E-state index >= 15 is 0 Å². The Hall–Kier alpha value is -1.91. The van der Waals surface area contributed by atoms with Crippen molar-refractivity contribution < 1.29 is 8.81 Å². The average molecular weight is 207 g/mol. The molecule has 0 bridgehead atoms. The highest BCUT2D eigenvalue weighted by molar-refractivity contribution is 5.33. The van der Waals surface area contributed by atoms with Crippen molar-refractivity contribution >= 4 is 5.82 Å². The molecule has 0 atom stereocenters. The molecule has 0 saturated carbocycles. The summed E-state index contributed by atoms with van der Waals surface area (Å²) in [4.78, 5) is 7.65. The van der Waals surface area contributed by atoms with Crippen LogP contribution < -0.4 is 5.32 Å². The molecular formula is C10H10FN3O. The molecule has 2 aromatic rings. The minimum Gasteiger partial charge on any atom is -0.444 e. The van der Waals surface area contributed by atoms with Crippen LogP contribution in [0.1, 0.15) is 11.7 Å². The Bertz CT molecular complexity index is 455. The number of nitrogens with zero attached hydrogens (tertiary/aromatic N) is 2. The second-order valence-electron chi connectivity index (χ2n) is 3.06. The minimum atomic E-state index is -0.511. The van der Waals surface area contributed by atoms with E-state index in [2.05, 4.69) is 15.3 Å². The monoisotopic (exact) mass is 207 g/mol. The van der Waals surface area contributed by atoms with Gasteiger partial charge in [-0.1, -0.05) is 6.07 Å². The second-order valence-corrected chi connectivity index (χ2v) is 3.06. The van der Waals surface area contributed by atoms with E-state index in [9.17, 15) is 4.39 Å². The number of nitrogens with one attached hydrogen (secondary N) is 1. The summed E-state index contributed by atoms with van der Waals surface area (Å²) in [5.41, 5.74) is 0. The van der Waals surface area contributed by atoms with Crippen LogP contribution >= 0.6 is 0 Å². The quantitative estimate of drug-likeness (QED) is 0.783. The van der Waals surface area contributed by atoms with Crippen molar-refractivity contribution in [2.24, 2.45) is 0 Å². The van der Waals surface area contributed by atoms with E-state index in [0.29, 0.717) is 18.3 Å². The van der Waals surface area contributed by atoms with E-state index in [1.165, 1.54) is 6.07 Å². The number of aromatic nitrogens is 2. The van der Waals surface area contributed by atoms with Gasteiger partial charge in [-0.25, -0.2) is 9.97 Å². The third-order valence-electron chi connectivity index (χ3n) is 1.80. The first-order chi connectivity index (χ1) is 7.24. The summed E-state index contributed by atoms with van der Waals surface area (Å²) in [6.07, 6.45) is 1.63. The first-order valence-electron chi connectivity index (χ1n) is 4.52. The Labute approximate surface area is 86.2 Å². The van der Waals surface area contributed by atoms with Gasteiger partial charge in [-0.3, -0.25) is 0 Å². The van der Waals surface area contributed by atoms with Crippen LogP contribution in [0, 0.1) is 12.9 Å². The number of rotatable bonds is 3. The predicted octanol–water partition coefficient (Wildman–Crippen LogP) is 2.13.